The molecule has 4 N–H and O–H groups in total. The van der Waals surface area contributed by atoms with Crippen LogP contribution in [0.2, 0.25) is 0 Å². The van der Waals surface area contributed by atoms with E-state index in [1.165, 1.54) is 0 Å². The summed E-state index contributed by atoms with van der Waals surface area (Å²) in [7, 11) is 0. The second-order valence-electron chi connectivity index (χ2n) is 1.59. The van der Waals surface area contributed by atoms with Gasteiger partial charge in [0.15, 0.2) is 6.54 Å². The maximum absolute atomic E-state index is 9.95. The monoisotopic (exact) mass is 161 g/mol. The van der Waals surface area contributed by atoms with E-state index in [1.54, 1.807) is 0 Å². The van der Waals surface area contributed by atoms with Crippen molar-refractivity contribution >= 4 is 11.9 Å². The van der Waals surface area contributed by atoms with E-state index in [9.17, 15) is 9.59 Å². The molecule has 0 heterocycles. The van der Waals surface area contributed by atoms with Crippen molar-refractivity contribution in [2.75, 3.05) is 6.54 Å². The molecule has 7 nitrogen and oxygen atoms in total. The molecule has 0 aliphatic heterocycles. The average molecular weight is 161 g/mol. The SMILES string of the molecule is NC(N=NCC(=O)O)C(=O)O. The van der Waals surface area contributed by atoms with Crippen molar-refractivity contribution in [3.05, 3.63) is 0 Å². The molecule has 0 spiro atoms. The largest absolute Gasteiger partial charge is 0.480 e. The Balaban J connectivity index is 3.74. The number of rotatable bonds is 4. The van der Waals surface area contributed by atoms with Crippen LogP contribution in [0.4, 0.5) is 0 Å². The smallest absolute Gasteiger partial charge is 0.345 e. The van der Waals surface area contributed by atoms with Crippen LogP contribution >= 0.6 is 0 Å². The Morgan fingerprint density at radius 3 is 2.36 bits per heavy atom. The van der Waals surface area contributed by atoms with E-state index in [0.29, 0.717) is 0 Å². The van der Waals surface area contributed by atoms with Gasteiger partial charge in [-0.25, -0.2) is 4.79 Å². The summed E-state index contributed by atoms with van der Waals surface area (Å²) in [5.74, 6) is -2.54. The number of aliphatic carboxylic acids is 2. The minimum atomic E-state index is -1.48. The lowest BCUT2D eigenvalue weighted by Gasteiger charge is -1.94. The third-order valence-corrected chi connectivity index (χ3v) is 0.665. The summed E-state index contributed by atoms with van der Waals surface area (Å²) in [5, 5.41) is 22.1. The Labute approximate surface area is 61.5 Å². The number of nitrogens with two attached hydrogens (primary N) is 1. The Morgan fingerprint density at radius 2 is 2.00 bits per heavy atom. The molecule has 0 bridgehead atoms. The van der Waals surface area contributed by atoms with Crippen LogP contribution in [0.5, 0.6) is 0 Å². The molecule has 0 fully saturated rings. The van der Waals surface area contributed by atoms with Gasteiger partial charge in [0.25, 0.3) is 0 Å². The molecule has 0 aromatic heterocycles. The number of hydrogen-bond acceptors (Lipinski definition) is 5. The van der Waals surface area contributed by atoms with E-state index in [4.69, 9.17) is 15.9 Å². The first-order valence-electron chi connectivity index (χ1n) is 2.61. The molecular weight excluding hydrogens is 154 g/mol. The maximum Gasteiger partial charge on any atom is 0.345 e. The van der Waals surface area contributed by atoms with Crippen molar-refractivity contribution in [1.29, 1.82) is 0 Å². The van der Waals surface area contributed by atoms with Gasteiger partial charge in [0.2, 0.25) is 6.17 Å². The molecule has 11 heavy (non-hydrogen) atoms. The van der Waals surface area contributed by atoms with Gasteiger partial charge in [0.1, 0.15) is 0 Å². The zero-order valence-electron chi connectivity index (χ0n) is 5.47. The molecule has 0 aromatic rings. The van der Waals surface area contributed by atoms with Crippen LogP contribution in [0.1, 0.15) is 0 Å². The highest BCUT2D eigenvalue weighted by Crippen LogP contribution is 1.83. The zero-order chi connectivity index (χ0) is 8.85. The quantitative estimate of drug-likeness (QED) is 0.451. The standard InChI is InChI=1S/C4H7N3O4/c5-3(4(10)11)7-6-1-2(8)9/h3H,1,5H2,(H,8,9)(H,10,11). The molecule has 0 aromatic carbocycles. The van der Waals surface area contributed by atoms with Crippen molar-refractivity contribution in [2.45, 2.75) is 6.17 Å². The van der Waals surface area contributed by atoms with E-state index in [0.717, 1.165) is 0 Å². The van der Waals surface area contributed by atoms with E-state index < -0.39 is 24.6 Å². The summed E-state index contributed by atoms with van der Waals surface area (Å²) in [4.78, 5) is 19.8. The van der Waals surface area contributed by atoms with Crippen LogP contribution in [-0.4, -0.2) is 34.9 Å². The molecule has 0 amide bonds. The average Bonchev–Trinajstić information content (AvgIpc) is 1.86. The van der Waals surface area contributed by atoms with E-state index in [2.05, 4.69) is 10.2 Å². The first-order chi connectivity index (χ1) is 5.04. The maximum atomic E-state index is 9.95. The van der Waals surface area contributed by atoms with Gasteiger partial charge in [0, 0.05) is 0 Å². The lowest BCUT2D eigenvalue weighted by Crippen LogP contribution is -2.27. The lowest BCUT2D eigenvalue weighted by molar-refractivity contribution is -0.139. The second-order valence-corrected chi connectivity index (χ2v) is 1.59. The second kappa shape index (κ2) is 4.34. The number of hydrogen-bond donors (Lipinski definition) is 3. The summed E-state index contributed by atoms with van der Waals surface area (Å²) in [6, 6.07) is 0. The molecule has 0 radical (unpaired) electrons. The third kappa shape index (κ3) is 4.97. The van der Waals surface area contributed by atoms with Crippen molar-refractivity contribution in [2.24, 2.45) is 16.0 Å². The summed E-state index contributed by atoms with van der Waals surface area (Å²) in [5.41, 5.74) is 4.85. The first-order valence-corrected chi connectivity index (χ1v) is 2.61. The third-order valence-electron chi connectivity index (χ3n) is 0.665. The topological polar surface area (TPSA) is 125 Å². The molecule has 1 atom stereocenters. The summed E-state index contributed by atoms with van der Waals surface area (Å²) >= 11 is 0. The molecule has 0 aliphatic carbocycles. The van der Waals surface area contributed by atoms with Gasteiger partial charge in [-0.3, -0.25) is 10.5 Å². The fourth-order valence-electron chi connectivity index (χ4n) is 0.239. The van der Waals surface area contributed by atoms with Gasteiger partial charge < -0.3 is 10.2 Å². The molecule has 1 unspecified atom stereocenters. The number of nitrogens with zero attached hydrogens (tertiary/aromatic N) is 2. The highest BCUT2D eigenvalue weighted by Gasteiger charge is 2.08. The Morgan fingerprint density at radius 1 is 1.45 bits per heavy atom. The molecule has 7 heteroatoms. The number of carbonyl (C=O) groups is 2. The molecule has 0 saturated heterocycles. The predicted octanol–water partition coefficient (Wildman–Crippen LogP) is -1.11. The Kier molecular flexibility index (Phi) is 3.75. The zero-order valence-corrected chi connectivity index (χ0v) is 5.47. The molecule has 0 aliphatic rings. The van der Waals surface area contributed by atoms with Crippen LogP contribution in [0.15, 0.2) is 10.2 Å². The number of carboxylic acids is 2. The summed E-state index contributed by atoms with van der Waals surface area (Å²) < 4.78 is 0. The van der Waals surface area contributed by atoms with E-state index in [-0.39, 0.29) is 0 Å². The highest BCUT2D eigenvalue weighted by molar-refractivity contribution is 5.72. The van der Waals surface area contributed by atoms with Crippen molar-refractivity contribution in [1.82, 2.24) is 0 Å². The van der Waals surface area contributed by atoms with Gasteiger partial charge in [-0.2, -0.15) is 10.2 Å². The minimum absolute atomic E-state index is 0.568. The van der Waals surface area contributed by atoms with Crippen LogP contribution in [-0.2, 0) is 9.59 Å². The highest BCUT2D eigenvalue weighted by atomic mass is 16.4. The van der Waals surface area contributed by atoms with Gasteiger partial charge in [-0.15, -0.1) is 0 Å². The summed E-state index contributed by atoms with van der Waals surface area (Å²) in [6.07, 6.45) is -1.48. The summed E-state index contributed by atoms with van der Waals surface area (Å²) in [6.45, 7) is -0.568. The van der Waals surface area contributed by atoms with E-state index in [1.807, 2.05) is 0 Å². The molecule has 0 saturated carbocycles. The van der Waals surface area contributed by atoms with Gasteiger partial charge in [-0.05, 0) is 0 Å². The van der Waals surface area contributed by atoms with Crippen LogP contribution in [0, 0.1) is 0 Å². The van der Waals surface area contributed by atoms with Crippen molar-refractivity contribution in [3.63, 3.8) is 0 Å². The first kappa shape index (κ1) is 9.50. The van der Waals surface area contributed by atoms with Gasteiger partial charge in [0.05, 0.1) is 0 Å². The number of azo groups is 1. The van der Waals surface area contributed by atoms with Crippen molar-refractivity contribution in [3.8, 4) is 0 Å². The van der Waals surface area contributed by atoms with Crippen LogP contribution in [0.25, 0.3) is 0 Å². The van der Waals surface area contributed by atoms with Gasteiger partial charge >= 0.3 is 11.9 Å². The fourth-order valence-corrected chi connectivity index (χ4v) is 0.239. The molecule has 62 valence electrons. The van der Waals surface area contributed by atoms with Crippen molar-refractivity contribution < 1.29 is 19.8 Å². The predicted molar refractivity (Wildman–Crippen MR) is 33.0 cm³/mol. The van der Waals surface area contributed by atoms with Crippen LogP contribution < -0.4 is 5.73 Å². The van der Waals surface area contributed by atoms with E-state index >= 15 is 0 Å². The molecular formula is C4H7N3O4. The van der Waals surface area contributed by atoms with Crippen LogP contribution in [0.3, 0.4) is 0 Å². The van der Waals surface area contributed by atoms with Gasteiger partial charge in [-0.1, -0.05) is 0 Å². The Hall–Kier alpha value is -1.50. The Bertz CT molecular complexity index is 190. The normalized spacial score (nSPS) is 13.2. The fraction of sp³-hybridized carbons (Fsp3) is 0.500. The lowest BCUT2D eigenvalue weighted by atomic mass is 10.6. The molecule has 0 rings (SSSR count). The number of carboxylic acid groups (broad SMARTS) is 2. The minimum Gasteiger partial charge on any atom is -0.480 e.